The van der Waals surface area contributed by atoms with Crippen molar-refractivity contribution in [3.63, 3.8) is 0 Å². The summed E-state index contributed by atoms with van der Waals surface area (Å²) < 4.78 is 8.76. The maximum Gasteiger partial charge on any atom is 0.410 e. The van der Waals surface area contributed by atoms with Crippen LogP contribution in [0.3, 0.4) is 0 Å². The first-order valence-corrected chi connectivity index (χ1v) is 25.6. The van der Waals surface area contributed by atoms with Crippen molar-refractivity contribution in [2.45, 2.75) is 79.2 Å². The predicted molar refractivity (Wildman–Crippen MR) is 288 cm³/mol. The number of ether oxygens (including phenoxy) is 1. The molecule has 2 aliphatic rings. The molecule has 0 spiro atoms. The molecule has 0 radical (unpaired) electrons. The molecule has 384 valence electrons. The van der Waals surface area contributed by atoms with Crippen molar-refractivity contribution in [3.05, 3.63) is 151 Å². The fourth-order valence-electron chi connectivity index (χ4n) is 8.07. The van der Waals surface area contributed by atoms with Gasteiger partial charge in [0.25, 0.3) is 5.91 Å². The molecule has 6 aromatic heterocycles. The standard InChI is InChI=1S/C24H25N7OS.C16H18N6.C13H17NO4S/c1-15-9-16(20-5-8-26-24(30-20)29-19-13-28-31(2)14-19)3-4-17(15)12-27-23(32)22-10-18-11-25-7-6-21(18)33-22;1-11-7-12(3-4-13(11)8-17)15-5-6-18-16(21-15)20-14-9-19-22(2)10-14;1-13(2,3)18-12(17)14-5-4-9-8(7-14)6-10(19-9)11(15)16/h3-5,8-10,13-14,25H,6-7,11-12H2,1-2H3,(H,27,32)(H,26,29,30);3-7,9-10H,8,17H2,1-2H3,(H,18,20,21);6H,4-5,7H2,1-3H3,(H,15,16). The molecule has 0 bridgehead atoms. The SMILES string of the molecule is CC(C)(C)OC(=O)N1CCc2sc(C(=O)O)cc2C1.Cc1cc(-c2ccnc(Nc3cnn(C)c3)n2)ccc1CN.Cc1cc(-c2ccnc(Nc3cnn(C)c3)n2)ccc1CNC(=O)c1cc2c(s1)CCNC2. The van der Waals surface area contributed by atoms with Crippen LogP contribution in [0, 0.1) is 13.8 Å². The van der Waals surface area contributed by atoms with Gasteiger partial charge < -0.3 is 41.7 Å². The first-order valence-electron chi connectivity index (χ1n) is 24.0. The van der Waals surface area contributed by atoms with Crippen molar-refractivity contribution in [1.82, 2.24) is 55.0 Å². The highest BCUT2D eigenvalue weighted by atomic mass is 32.1. The number of nitrogens with one attached hydrogen (secondary N) is 4. The molecule has 7 N–H and O–H groups in total. The van der Waals surface area contributed by atoms with Gasteiger partial charge in [-0.2, -0.15) is 10.2 Å². The quantitative estimate of drug-likeness (QED) is 0.0709. The first-order chi connectivity index (χ1) is 35.5. The van der Waals surface area contributed by atoms with Gasteiger partial charge in [-0.1, -0.05) is 24.3 Å². The Bertz CT molecular complexity index is 3260. The van der Waals surface area contributed by atoms with Crippen LogP contribution in [0.15, 0.2) is 97.8 Å². The average Bonchev–Trinajstić information content (AvgIpc) is 4.20. The summed E-state index contributed by atoms with van der Waals surface area (Å²) in [7, 11) is 3.73. The fraction of sp³-hybridized carbons (Fsp3) is 0.302. The fourth-order valence-corrected chi connectivity index (χ4v) is 10.2. The highest BCUT2D eigenvalue weighted by molar-refractivity contribution is 7.14. The zero-order valence-corrected chi connectivity index (χ0v) is 44.0. The van der Waals surface area contributed by atoms with Gasteiger partial charge >= 0.3 is 12.1 Å². The summed E-state index contributed by atoms with van der Waals surface area (Å²) in [6, 6.07) is 19.8. The predicted octanol–water partition coefficient (Wildman–Crippen LogP) is 8.69. The molecule has 74 heavy (non-hydrogen) atoms. The van der Waals surface area contributed by atoms with Crippen LogP contribution in [0.2, 0.25) is 0 Å². The Kier molecular flexibility index (Phi) is 16.6. The van der Waals surface area contributed by atoms with E-state index >= 15 is 0 Å². The lowest BCUT2D eigenvalue weighted by Crippen LogP contribution is -2.39. The molecular weight excluding hydrogens is 977 g/mol. The second kappa shape index (κ2) is 23.4. The summed E-state index contributed by atoms with van der Waals surface area (Å²) in [4.78, 5) is 58.4. The van der Waals surface area contributed by atoms with Crippen LogP contribution < -0.4 is 27.0 Å². The Morgan fingerprint density at radius 2 is 1.34 bits per heavy atom. The highest BCUT2D eigenvalue weighted by Crippen LogP contribution is 2.30. The summed E-state index contributed by atoms with van der Waals surface area (Å²) in [6.07, 6.45) is 12.0. The number of carbonyl (C=O) groups is 3. The van der Waals surface area contributed by atoms with E-state index in [0.717, 1.165) is 85.4 Å². The maximum absolute atomic E-state index is 12.7. The van der Waals surface area contributed by atoms with E-state index in [-0.39, 0.29) is 12.0 Å². The lowest BCUT2D eigenvalue weighted by molar-refractivity contribution is 0.0225. The summed E-state index contributed by atoms with van der Waals surface area (Å²) in [5, 5.41) is 30.0. The van der Waals surface area contributed by atoms with Crippen molar-refractivity contribution < 1.29 is 24.2 Å². The smallest absolute Gasteiger partial charge is 0.410 e. The number of carboxylic acids is 1. The topological polar surface area (TPSA) is 245 Å². The number of aromatic carboxylic acids is 1. The number of carboxylic acid groups (broad SMARTS) is 1. The summed E-state index contributed by atoms with van der Waals surface area (Å²) in [5.74, 6) is 0.136. The van der Waals surface area contributed by atoms with Gasteiger partial charge in [0.1, 0.15) is 10.5 Å². The molecule has 2 aliphatic heterocycles. The number of rotatable bonds is 11. The van der Waals surface area contributed by atoms with Crippen LogP contribution in [0.4, 0.5) is 28.1 Å². The molecule has 0 fully saturated rings. The molecule has 0 saturated heterocycles. The van der Waals surface area contributed by atoms with Crippen LogP contribution >= 0.6 is 22.7 Å². The minimum absolute atomic E-state index is 0.0141. The first kappa shape index (κ1) is 52.5. The summed E-state index contributed by atoms with van der Waals surface area (Å²) in [5.41, 5.74) is 17.3. The molecule has 8 aromatic rings. The number of aryl methyl sites for hydroxylation is 4. The van der Waals surface area contributed by atoms with Gasteiger partial charge in [0, 0.05) is 92.5 Å². The van der Waals surface area contributed by atoms with E-state index < -0.39 is 11.6 Å². The molecule has 2 aromatic carbocycles. The van der Waals surface area contributed by atoms with Gasteiger partial charge in [-0.05, 0) is 117 Å². The van der Waals surface area contributed by atoms with Gasteiger partial charge in [0.15, 0.2) is 0 Å². The van der Waals surface area contributed by atoms with E-state index in [0.29, 0.717) is 49.4 Å². The third kappa shape index (κ3) is 13.8. The molecule has 0 atom stereocenters. The van der Waals surface area contributed by atoms with E-state index in [4.69, 9.17) is 15.6 Å². The Labute approximate surface area is 437 Å². The minimum atomic E-state index is -0.914. The van der Waals surface area contributed by atoms with Crippen LogP contribution in [0.25, 0.3) is 22.5 Å². The van der Waals surface area contributed by atoms with Gasteiger partial charge in [-0.25, -0.2) is 29.5 Å². The Balaban J connectivity index is 0.000000155. The molecule has 19 nitrogen and oxygen atoms in total. The van der Waals surface area contributed by atoms with Crippen LogP contribution in [0.5, 0.6) is 0 Å². The Hall–Kier alpha value is -7.85. The van der Waals surface area contributed by atoms with E-state index in [2.05, 4.69) is 77.4 Å². The number of hydrogen-bond acceptors (Lipinski definition) is 16. The van der Waals surface area contributed by atoms with Gasteiger partial charge in [-0.3, -0.25) is 14.2 Å². The average molecular weight is 1040 g/mol. The van der Waals surface area contributed by atoms with E-state index in [1.54, 1.807) is 56.5 Å². The molecule has 2 amide bonds. The zero-order valence-electron chi connectivity index (χ0n) is 42.4. The summed E-state index contributed by atoms with van der Waals surface area (Å²) in [6.45, 7) is 13.4. The number of nitrogens with two attached hydrogens (primary N) is 1. The lowest BCUT2D eigenvalue weighted by Gasteiger charge is -2.29. The van der Waals surface area contributed by atoms with Gasteiger partial charge in [0.2, 0.25) is 11.9 Å². The lowest BCUT2D eigenvalue weighted by atomic mass is 10.0. The van der Waals surface area contributed by atoms with Crippen LogP contribution in [0.1, 0.15) is 83.2 Å². The number of hydrogen-bond donors (Lipinski definition) is 6. The highest BCUT2D eigenvalue weighted by Gasteiger charge is 2.28. The van der Waals surface area contributed by atoms with Gasteiger partial charge in [0.05, 0.1) is 46.6 Å². The Morgan fingerprint density at radius 1 is 0.770 bits per heavy atom. The van der Waals surface area contributed by atoms with Crippen molar-refractivity contribution in [2.24, 2.45) is 19.8 Å². The molecule has 0 unspecified atom stereocenters. The largest absolute Gasteiger partial charge is 0.477 e. The van der Waals surface area contributed by atoms with E-state index in [9.17, 15) is 14.4 Å². The van der Waals surface area contributed by atoms with Crippen LogP contribution in [-0.4, -0.2) is 86.2 Å². The number of fused-ring (bicyclic) bond motifs is 2. The monoisotopic (exact) mass is 1040 g/mol. The number of thiophene rings is 2. The number of aromatic nitrogens is 8. The number of nitrogens with zero attached hydrogens (tertiary/aromatic N) is 9. The van der Waals surface area contributed by atoms with E-state index in [1.165, 1.54) is 27.3 Å². The molecule has 0 saturated carbocycles. The van der Waals surface area contributed by atoms with E-state index in [1.807, 2.05) is 89.7 Å². The normalized spacial score (nSPS) is 12.8. The minimum Gasteiger partial charge on any atom is -0.477 e. The number of carbonyl (C=O) groups excluding carboxylic acids is 2. The second-order valence-electron chi connectivity index (χ2n) is 18.8. The molecule has 21 heteroatoms. The number of anilines is 4. The summed E-state index contributed by atoms with van der Waals surface area (Å²) >= 11 is 2.90. The Morgan fingerprint density at radius 3 is 1.86 bits per heavy atom. The molecule has 10 rings (SSSR count). The molecular formula is C53H60N14O5S2. The van der Waals surface area contributed by atoms with Crippen molar-refractivity contribution >= 4 is 63.9 Å². The van der Waals surface area contributed by atoms with Crippen molar-refractivity contribution in [3.8, 4) is 22.5 Å². The number of amides is 2. The van der Waals surface area contributed by atoms with Crippen molar-refractivity contribution in [2.75, 3.05) is 23.7 Å². The molecule has 8 heterocycles. The third-order valence-electron chi connectivity index (χ3n) is 11.9. The molecule has 0 aliphatic carbocycles. The van der Waals surface area contributed by atoms with Gasteiger partial charge in [-0.15, -0.1) is 22.7 Å². The van der Waals surface area contributed by atoms with Crippen molar-refractivity contribution in [1.29, 1.82) is 0 Å². The zero-order chi connectivity index (χ0) is 52.5. The third-order valence-corrected chi connectivity index (χ3v) is 14.3. The second-order valence-corrected chi connectivity index (χ2v) is 21.0. The van der Waals surface area contributed by atoms with Crippen LogP contribution in [-0.2, 0) is 57.9 Å². The maximum atomic E-state index is 12.7. The number of benzene rings is 2.